The summed E-state index contributed by atoms with van der Waals surface area (Å²) in [6.07, 6.45) is 0. The molecule has 4 nitrogen and oxygen atoms in total. The molecule has 288 valence electrons. The number of para-hydroxylation sites is 2. The number of benzene rings is 9. The lowest BCUT2D eigenvalue weighted by Crippen LogP contribution is -2.74. The predicted molar refractivity (Wildman–Crippen MR) is 254 cm³/mol. The lowest BCUT2D eigenvalue weighted by atomic mass is 9.88. The van der Waals surface area contributed by atoms with Crippen LogP contribution in [-0.2, 0) is 0 Å². The second-order valence-electron chi connectivity index (χ2n) is 16.2. The van der Waals surface area contributed by atoms with E-state index < -0.39 is 8.07 Å². The molecule has 11 aromatic rings. The van der Waals surface area contributed by atoms with E-state index in [1.54, 1.807) is 0 Å². The molecule has 2 aromatic heterocycles. The highest BCUT2D eigenvalue weighted by atomic mass is 28.3. The second kappa shape index (κ2) is 13.9. The molecule has 1 atom stereocenters. The molecular weight excluding hydrogens is 771 g/mol. The Bertz CT molecular complexity index is 3640. The van der Waals surface area contributed by atoms with E-state index in [0.29, 0.717) is 11.1 Å². The van der Waals surface area contributed by atoms with Gasteiger partial charge in [0.2, 0.25) is 0 Å². The molecule has 1 aliphatic carbocycles. The summed E-state index contributed by atoms with van der Waals surface area (Å²) < 4.78 is 8.91. The van der Waals surface area contributed by atoms with E-state index in [2.05, 4.69) is 199 Å². The third kappa shape index (κ3) is 5.16. The van der Waals surface area contributed by atoms with Crippen LogP contribution in [-0.4, -0.2) is 12.6 Å². The fourth-order valence-corrected chi connectivity index (χ4v) is 15.4. The van der Waals surface area contributed by atoms with Gasteiger partial charge >= 0.3 is 0 Å². The van der Waals surface area contributed by atoms with E-state index >= 15 is 0 Å². The van der Waals surface area contributed by atoms with E-state index in [1.807, 2.05) is 24.3 Å². The van der Waals surface area contributed by atoms with Crippen molar-refractivity contribution in [3.8, 4) is 29.0 Å². The molecule has 1 unspecified atom stereocenters. The van der Waals surface area contributed by atoms with Crippen molar-refractivity contribution in [2.75, 3.05) is 0 Å². The molecule has 12 rings (SSSR count). The van der Waals surface area contributed by atoms with E-state index in [0.717, 1.165) is 66.1 Å². The van der Waals surface area contributed by atoms with Gasteiger partial charge in [0.25, 0.3) is 0 Å². The summed E-state index contributed by atoms with van der Waals surface area (Å²) in [7, 11) is -3.22. The van der Waals surface area contributed by atoms with Crippen molar-refractivity contribution < 1.29 is 4.42 Å². The highest BCUT2D eigenvalue weighted by Gasteiger charge is 2.43. The van der Waals surface area contributed by atoms with Crippen LogP contribution in [0.5, 0.6) is 0 Å². The van der Waals surface area contributed by atoms with E-state index in [-0.39, 0.29) is 5.92 Å². The Hall–Kier alpha value is -8.22. The van der Waals surface area contributed by atoms with Crippen LogP contribution in [0.25, 0.3) is 60.6 Å². The van der Waals surface area contributed by atoms with Crippen molar-refractivity contribution in [3.05, 3.63) is 234 Å². The highest BCUT2D eigenvalue weighted by molar-refractivity contribution is 7.20. The van der Waals surface area contributed by atoms with Gasteiger partial charge in [0.1, 0.15) is 11.2 Å². The van der Waals surface area contributed by atoms with Crippen LogP contribution < -0.4 is 20.7 Å². The standard InChI is InChI=1S/C57H35N3OSi/c58-35-37-26-27-48-51(32-37)45-20-7-8-22-47(45)55(48)39-30-38(36-59)31-44(33-39)62(41-15-3-1-4-16-41,42-17-5-2-6-18-42)43-19-13-14-40(34-43)60-52-24-11-9-21-46(52)49-28-29-54-56(57(49)60)50-23-10-12-25-53(50)61-54/h1-34,55H. The Morgan fingerprint density at radius 2 is 1.13 bits per heavy atom. The molecule has 1 aliphatic rings. The van der Waals surface area contributed by atoms with Crippen LogP contribution >= 0.6 is 0 Å². The largest absolute Gasteiger partial charge is 0.456 e. The fraction of sp³-hybridized carbons (Fsp3) is 0.0175. The topological polar surface area (TPSA) is 65.7 Å². The smallest absolute Gasteiger partial charge is 0.179 e. The van der Waals surface area contributed by atoms with E-state index in [1.165, 1.54) is 31.9 Å². The fourth-order valence-electron chi connectivity index (χ4n) is 10.5. The van der Waals surface area contributed by atoms with Crippen molar-refractivity contribution >= 4 is 72.6 Å². The van der Waals surface area contributed by atoms with Gasteiger partial charge in [-0.15, -0.1) is 0 Å². The minimum Gasteiger partial charge on any atom is -0.456 e. The summed E-state index contributed by atoms with van der Waals surface area (Å²) in [5, 5.41) is 30.1. The summed E-state index contributed by atoms with van der Waals surface area (Å²) in [5.41, 5.74) is 11.8. The second-order valence-corrected chi connectivity index (χ2v) is 20.0. The Labute approximate surface area is 359 Å². The molecule has 0 saturated carbocycles. The molecule has 9 aromatic carbocycles. The van der Waals surface area contributed by atoms with Crippen LogP contribution in [0.15, 0.2) is 211 Å². The van der Waals surface area contributed by atoms with Crippen molar-refractivity contribution in [1.29, 1.82) is 10.5 Å². The summed E-state index contributed by atoms with van der Waals surface area (Å²) in [6, 6.07) is 78.3. The maximum atomic E-state index is 10.9. The first kappa shape index (κ1) is 35.7. The maximum Gasteiger partial charge on any atom is 0.179 e. The zero-order valence-corrected chi connectivity index (χ0v) is 34.5. The molecule has 0 saturated heterocycles. The molecule has 0 N–H and O–H groups in total. The minimum absolute atomic E-state index is 0.115. The highest BCUT2D eigenvalue weighted by Crippen LogP contribution is 2.48. The number of rotatable bonds is 6. The quantitative estimate of drug-likeness (QED) is 0.124. The summed E-state index contributed by atoms with van der Waals surface area (Å²) in [4.78, 5) is 0. The van der Waals surface area contributed by atoms with Crippen molar-refractivity contribution in [1.82, 2.24) is 4.57 Å². The zero-order chi connectivity index (χ0) is 41.4. The van der Waals surface area contributed by atoms with Crippen molar-refractivity contribution in [2.24, 2.45) is 0 Å². The summed E-state index contributed by atoms with van der Waals surface area (Å²) in [5.74, 6) is -0.115. The predicted octanol–water partition coefficient (Wildman–Crippen LogP) is 11.0. The van der Waals surface area contributed by atoms with Gasteiger partial charge in [-0.2, -0.15) is 10.5 Å². The van der Waals surface area contributed by atoms with Gasteiger partial charge < -0.3 is 8.98 Å². The van der Waals surface area contributed by atoms with Gasteiger partial charge in [0, 0.05) is 27.8 Å². The first-order valence-corrected chi connectivity index (χ1v) is 22.9. The summed E-state index contributed by atoms with van der Waals surface area (Å²) >= 11 is 0. The van der Waals surface area contributed by atoms with Crippen LogP contribution in [0.3, 0.4) is 0 Å². The number of nitrogens with zero attached hydrogens (tertiary/aromatic N) is 3. The molecule has 62 heavy (non-hydrogen) atoms. The molecule has 0 aliphatic heterocycles. The zero-order valence-electron chi connectivity index (χ0n) is 33.5. The Morgan fingerprint density at radius 1 is 0.452 bits per heavy atom. The number of aromatic nitrogens is 1. The maximum absolute atomic E-state index is 10.9. The summed E-state index contributed by atoms with van der Waals surface area (Å²) in [6.45, 7) is 0. The van der Waals surface area contributed by atoms with Crippen LogP contribution in [0.4, 0.5) is 0 Å². The third-order valence-corrected chi connectivity index (χ3v) is 17.8. The Morgan fingerprint density at radius 3 is 1.92 bits per heavy atom. The first-order valence-electron chi connectivity index (χ1n) is 20.9. The van der Waals surface area contributed by atoms with E-state index in [9.17, 15) is 10.5 Å². The molecule has 0 spiro atoms. The average molecular weight is 806 g/mol. The number of furan rings is 1. The Kier molecular flexibility index (Phi) is 8.02. The molecule has 0 radical (unpaired) electrons. The number of nitriles is 2. The number of hydrogen-bond donors (Lipinski definition) is 0. The van der Waals surface area contributed by atoms with Gasteiger partial charge in [-0.1, -0.05) is 146 Å². The van der Waals surface area contributed by atoms with Crippen molar-refractivity contribution in [3.63, 3.8) is 0 Å². The number of fused-ring (bicyclic) bond motifs is 10. The molecule has 5 heteroatoms. The van der Waals surface area contributed by atoms with E-state index in [4.69, 9.17) is 4.42 Å². The molecule has 0 bridgehead atoms. The molecular formula is C57H35N3OSi. The molecule has 0 amide bonds. The third-order valence-electron chi connectivity index (χ3n) is 13.0. The molecule has 0 fully saturated rings. The minimum atomic E-state index is -3.22. The SMILES string of the molecule is N#Cc1cc(C2c3ccccc3-c3cc(C#N)ccc32)cc([Si](c2ccccc2)(c2ccccc2)c2cccc(-n3c4ccccc4c4ccc5oc6ccccc6c5c43)c2)c1. The van der Waals surface area contributed by atoms with Crippen LogP contribution in [0, 0.1) is 22.7 Å². The lowest BCUT2D eigenvalue weighted by Gasteiger charge is -2.35. The van der Waals surface area contributed by atoms with Crippen molar-refractivity contribution in [2.45, 2.75) is 5.92 Å². The number of hydrogen-bond acceptors (Lipinski definition) is 3. The average Bonchev–Trinajstić information content (AvgIpc) is 4.00. The van der Waals surface area contributed by atoms with Gasteiger partial charge in [-0.3, -0.25) is 0 Å². The van der Waals surface area contributed by atoms with Crippen LogP contribution in [0.1, 0.15) is 33.7 Å². The van der Waals surface area contributed by atoms with Gasteiger partial charge in [-0.05, 0) is 109 Å². The van der Waals surface area contributed by atoms with Gasteiger partial charge in [-0.25, -0.2) is 0 Å². The van der Waals surface area contributed by atoms with Gasteiger partial charge in [0.15, 0.2) is 8.07 Å². The normalized spacial score (nSPS) is 13.3. The van der Waals surface area contributed by atoms with Crippen LogP contribution in [0.2, 0.25) is 0 Å². The Balaban J connectivity index is 1.17. The monoisotopic (exact) mass is 805 g/mol. The lowest BCUT2D eigenvalue weighted by molar-refractivity contribution is 0.669. The molecule has 2 heterocycles. The van der Waals surface area contributed by atoms with Gasteiger partial charge in [0.05, 0.1) is 39.7 Å². The first-order chi connectivity index (χ1) is 30.6.